The summed E-state index contributed by atoms with van der Waals surface area (Å²) in [6.45, 7) is 12.4. The molecule has 1 unspecified atom stereocenters. The zero-order valence-electron chi connectivity index (χ0n) is 16.6. The average molecular weight is 368 g/mol. The van der Waals surface area contributed by atoms with E-state index in [-0.39, 0.29) is 6.10 Å². The van der Waals surface area contributed by atoms with E-state index in [1.165, 1.54) is 31.2 Å². The van der Waals surface area contributed by atoms with Gasteiger partial charge in [0.25, 0.3) is 0 Å². The summed E-state index contributed by atoms with van der Waals surface area (Å²) in [6.07, 6.45) is 5.07. The van der Waals surface area contributed by atoms with Gasteiger partial charge in [-0.15, -0.1) is 0 Å². The summed E-state index contributed by atoms with van der Waals surface area (Å²) in [6, 6.07) is 8.23. The number of rotatable bonds is 15. The van der Waals surface area contributed by atoms with Crippen LogP contribution in [0.5, 0.6) is 5.75 Å². The Morgan fingerprint density at radius 2 is 1.80 bits per heavy atom. The molecule has 0 saturated heterocycles. The van der Waals surface area contributed by atoms with Crippen molar-refractivity contribution in [3.63, 3.8) is 0 Å². The molecule has 1 aromatic rings. The molecule has 0 aromatic heterocycles. The van der Waals surface area contributed by atoms with E-state index in [4.69, 9.17) is 9.47 Å². The molecule has 0 spiro atoms. The topological polar surface area (TPSA) is 21.7 Å². The van der Waals surface area contributed by atoms with Crippen LogP contribution in [0.25, 0.3) is 0 Å². The largest absolute Gasteiger partial charge is 0.491 e. The van der Waals surface area contributed by atoms with Gasteiger partial charge in [0.05, 0.1) is 6.73 Å². The Bertz CT molecular complexity index is 434. The van der Waals surface area contributed by atoms with E-state index in [1.807, 2.05) is 23.9 Å². The summed E-state index contributed by atoms with van der Waals surface area (Å²) in [5, 5.41) is 0. The normalized spacial score (nSPS) is 12.5. The van der Waals surface area contributed by atoms with Gasteiger partial charge >= 0.3 is 0 Å². The second-order valence-corrected chi connectivity index (χ2v) is 7.85. The van der Waals surface area contributed by atoms with Crippen molar-refractivity contribution in [2.45, 2.75) is 59.5 Å². The highest BCUT2D eigenvalue weighted by Gasteiger charge is 2.13. The third kappa shape index (κ3) is 10.8. The Balaban J connectivity index is 2.48. The molecule has 0 aliphatic carbocycles. The molecule has 1 atom stereocenters. The van der Waals surface area contributed by atoms with Crippen LogP contribution in [0.1, 0.15) is 52.0 Å². The molecule has 0 N–H and O–H groups in total. The summed E-state index contributed by atoms with van der Waals surface area (Å²) >= 11 is 1.92. The lowest BCUT2D eigenvalue weighted by Crippen LogP contribution is -2.34. The van der Waals surface area contributed by atoms with Crippen LogP contribution >= 0.6 is 11.8 Å². The average Bonchev–Trinajstić information content (AvgIpc) is 2.62. The molecule has 1 aromatic carbocycles. The fourth-order valence-electron chi connectivity index (χ4n) is 2.50. The van der Waals surface area contributed by atoms with Crippen LogP contribution < -0.4 is 4.74 Å². The van der Waals surface area contributed by atoms with E-state index in [1.54, 1.807) is 0 Å². The molecular weight excluding hydrogens is 330 g/mol. The first kappa shape index (κ1) is 22.3. The van der Waals surface area contributed by atoms with E-state index in [9.17, 15) is 0 Å². The van der Waals surface area contributed by atoms with Crippen molar-refractivity contribution in [3.8, 4) is 5.75 Å². The molecule has 3 nitrogen and oxygen atoms in total. The molecule has 0 aliphatic rings. The van der Waals surface area contributed by atoms with Crippen LogP contribution in [0.3, 0.4) is 0 Å². The van der Waals surface area contributed by atoms with E-state index in [0.717, 1.165) is 30.3 Å². The standard InChI is InChI=1S/C21H37NO2S/c1-5-8-13-22(14-9-6-2)18-24-21(17-25-7-3)16-23-20-12-10-11-19(4)15-20/h10-12,15,21H,5-9,13-14,16-18H2,1-4H3. The van der Waals surface area contributed by atoms with Crippen molar-refractivity contribution in [2.75, 3.05) is 37.9 Å². The third-order valence-corrected chi connectivity index (χ3v) is 5.10. The Morgan fingerprint density at radius 1 is 1.08 bits per heavy atom. The number of hydrogen-bond donors (Lipinski definition) is 0. The summed E-state index contributed by atoms with van der Waals surface area (Å²) in [5.74, 6) is 3.03. The minimum Gasteiger partial charge on any atom is -0.491 e. The Hall–Kier alpha value is -0.710. The first-order chi connectivity index (χ1) is 12.2. The van der Waals surface area contributed by atoms with Gasteiger partial charge in [0.1, 0.15) is 18.5 Å². The fourth-order valence-corrected chi connectivity index (χ4v) is 3.19. The molecule has 0 saturated carbocycles. The molecular formula is C21H37NO2S. The molecule has 0 fully saturated rings. The van der Waals surface area contributed by atoms with Crippen molar-refractivity contribution >= 4 is 11.8 Å². The van der Waals surface area contributed by atoms with Crippen molar-refractivity contribution in [3.05, 3.63) is 29.8 Å². The maximum atomic E-state index is 6.23. The van der Waals surface area contributed by atoms with E-state index < -0.39 is 0 Å². The lowest BCUT2D eigenvalue weighted by atomic mass is 10.2. The summed E-state index contributed by atoms with van der Waals surface area (Å²) < 4.78 is 12.2. The van der Waals surface area contributed by atoms with Crippen molar-refractivity contribution in [1.29, 1.82) is 0 Å². The van der Waals surface area contributed by atoms with Crippen LogP contribution in [0.4, 0.5) is 0 Å². The highest BCUT2D eigenvalue weighted by Crippen LogP contribution is 2.14. The zero-order chi connectivity index (χ0) is 18.3. The molecule has 0 aliphatic heterocycles. The highest BCUT2D eigenvalue weighted by molar-refractivity contribution is 7.99. The number of nitrogens with zero attached hydrogens (tertiary/aromatic N) is 1. The van der Waals surface area contributed by atoms with Crippen molar-refractivity contribution < 1.29 is 9.47 Å². The minimum atomic E-state index is 0.135. The first-order valence-electron chi connectivity index (χ1n) is 9.80. The van der Waals surface area contributed by atoms with Gasteiger partial charge in [-0.2, -0.15) is 11.8 Å². The summed E-state index contributed by atoms with van der Waals surface area (Å²) in [4.78, 5) is 2.45. The van der Waals surface area contributed by atoms with Gasteiger partial charge in [-0.25, -0.2) is 0 Å². The molecule has 0 amide bonds. The summed E-state index contributed by atoms with van der Waals surface area (Å²) in [7, 11) is 0. The molecule has 0 heterocycles. The van der Waals surface area contributed by atoms with E-state index >= 15 is 0 Å². The summed E-state index contributed by atoms with van der Waals surface area (Å²) in [5.41, 5.74) is 1.23. The molecule has 1 rings (SSSR count). The molecule has 25 heavy (non-hydrogen) atoms. The predicted molar refractivity (Wildman–Crippen MR) is 111 cm³/mol. The second kappa shape index (κ2) is 14.5. The maximum absolute atomic E-state index is 6.23. The Morgan fingerprint density at radius 3 is 2.40 bits per heavy atom. The van der Waals surface area contributed by atoms with Crippen molar-refractivity contribution in [1.82, 2.24) is 4.90 Å². The number of unbranched alkanes of at least 4 members (excludes halogenated alkanes) is 2. The van der Waals surface area contributed by atoms with Gasteiger partial charge in [0, 0.05) is 18.8 Å². The van der Waals surface area contributed by atoms with Crippen LogP contribution in [0.15, 0.2) is 24.3 Å². The van der Waals surface area contributed by atoms with Gasteiger partial charge in [0.15, 0.2) is 0 Å². The highest BCUT2D eigenvalue weighted by atomic mass is 32.2. The van der Waals surface area contributed by atoms with Crippen LogP contribution in [0.2, 0.25) is 0 Å². The first-order valence-corrected chi connectivity index (χ1v) is 11.0. The SMILES string of the molecule is CCCCN(CCCC)COC(COc1cccc(C)c1)CSCC. The molecule has 144 valence electrons. The zero-order valence-corrected chi connectivity index (χ0v) is 17.4. The fraction of sp³-hybridized carbons (Fsp3) is 0.714. The maximum Gasteiger partial charge on any atom is 0.119 e. The van der Waals surface area contributed by atoms with E-state index in [2.05, 4.69) is 44.7 Å². The quantitative estimate of drug-likeness (QED) is 0.388. The lowest BCUT2D eigenvalue weighted by molar-refractivity contribution is -0.0305. The smallest absolute Gasteiger partial charge is 0.119 e. The molecule has 0 radical (unpaired) electrons. The Kier molecular flexibility index (Phi) is 12.9. The monoisotopic (exact) mass is 367 g/mol. The second-order valence-electron chi connectivity index (χ2n) is 6.53. The minimum absolute atomic E-state index is 0.135. The number of thioether (sulfide) groups is 1. The van der Waals surface area contributed by atoms with E-state index in [0.29, 0.717) is 13.3 Å². The molecule has 0 bridgehead atoms. The lowest BCUT2D eigenvalue weighted by Gasteiger charge is -2.25. The number of hydrogen-bond acceptors (Lipinski definition) is 4. The van der Waals surface area contributed by atoms with Gasteiger partial charge in [-0.1, -0.05) is 45.7 Å². The van der Waals surface area contributed by atoms with Gasteiger partial charge in [0.2, 0.25) is 0 Å². The Labute approximate surface area is 159 Å². The third-order valence-electron chi connectivity index (χ3n) is 4.08. The number of ether oxygens (including phenoxy) is 2. The van der Waals surface area contributed by atoms with Gasteiger partial charge in [-0.05, 0) is 43.2 Å². The van der Waals surface area contributed by atoms with Gasteiger partial charge < -0.3 is 9.47 Å². The van der Waals surface area contributed by atoms with Crippen molar-refractivity contribution in [2.24, 2.45) is 0 Å². The van der Waals surface area contributed by atoms with Gasteiger partial charge in [-0.3, -0.25) is 4.90 Å². The van der Waals surface area contributed by atoms with Crippen LogP contribution in [-0.2, 0) is 4.74 Å². The molecule has 4 heteroatoms. The van der Waals surface area contributed by atoms with Crippen LogP contribution in [0, 0.1) is 6.92 Å². The van der Waals surface area contributed by atoms with Crippen LogP contribution in [-0.4, -0.2) is 48.9 Å². The predicted octanol–water partition coefficient (Wildman–Crippen LogP) is 5.37. The number of aryl methyl sites for hydroxylation is 1. The number of benzene rings is 1.